The average molecular weight is 602 g/mol. The molecular formula is C39H32BN3O3. The summed E-state index contributed by atoms with van der Waals surface area (Å²) in [6.07, 6.45) is 0. The lowest BCUT2D eigenvalue weighted by Gasteiger charge is -2.32. The first-order valence-corrected chi connectivity index (χ1v) is 15.5. The van der Waals surface area contributed by atoms with Gasteiger partial charge in [-0.2, -0.15) is 0 Å². The van der Waals surface area contributed by atoms with Crippen molar-refractivity contribution in [1.82, 2.24) is 15.0 Å². The van der Waals surface area contributed by atoms with E-state index < -0.39 is 18.3 Å². The standard InChI is InChI=1S/C39H32BN3O3/c1-38(2)39(3,4)46-40(45-38)32-23-13-22-31-30-21-12-20-29(33(30)44-34(31)32)27-18-11-19-28(24-27)37-42-35(25-14-7-5-8-15-25)41-36(43-37)26-16-9-6-10-17-26/h5-24H,1-4H3. The van der Waals surface area contributed by atoms with Gasteiger partial charge in [-0.05, 0) is 39.3 Å². The van der Waals surface area contributed by atoms with E-state index in [1.54, 1.807) is 0 Å². The van der Waals surface area contributed by atoms with Crippen LogP contribution in [0, 0.1) is 0 Å². The normalized spacial score (nSPS) is 15.5. The zero-order valence-corrected chi connectivity index (χ0v) is 26.2. The predicted molar refractivity (Wildman–Crippen MR) is 185 cm³/mol. The van der Waals surface area contributed by atoms with Gasteiger partial charge < -0.3 is 13.7 Å². The summed E-state index contributed by atoms with van der Waals surface area (Å²) in [5.41, 5.74) is 6.31. The highest BCUT2D eigenvalue weighted by Crippen LogP contribution is 2.40. The molecule has 0 saturated carbocycles. The van der Waals surface area contributed by atoms with E-state index in [0.717, 1.165) is 55.2 Å². The SMILES string of the molecule is CC1(C)OB(c2cccc3c2oc2c(-c4cccc(-c5nc(-c6ccccc6)nc(-c6ccccc6)n5)c4)cccc23)OC1(C)C. The quantitative estimate of drug-likeness (QED) is 0.184. The molecule has 8 rings (SSSR count). The van der Waals surface area contributed by atoms with E-state index >= 15 is 0 Å². The summed E-state index contributed by atoms with van der Waals surface area (Å²) in [5, 5.41) is 2.06. The molecule has 6 nitrogen and oxygen atoms in total. The molecule has 1 fully saturated rings. The van der Waals surface area contributed by atoms with Crippen LogP contribution in [0.15, 0.2) is 126 Å². The lowest BCUT2D eigenvalue weighted by Crippen LogP contribution is -2.41. The highest BCUT2D eigenvalue weighted by atomic mass is 16.7. The average Bonchev–Trinajstić information content (AvgIpc) is 3.57. The molecule has 7 aromatic rings. The highest BCUT2D eigenvalue weighted by molar-refractivity contribution is 6.65. The Balaban J connectivity index is 1.25. The molecule has 0 radical (unpaired) electrons. The van der Waals surface area contributed by atoms with Gasteiger partial charge in [0.15, 0.2) is 17.5 Å². The van der Waals surface area contributed by atoms with Gasteiger partial charge >= 0.3 is 7.12 Å². The van der Waals surface area contributed by atoms with Crippen molar-refractivity contribution in [2.24, 2.45) is 0 Å². The lowest BCUT2D eigenvalue weighted by molar-refractivity contribution is 0.00578. The number of fused-ring (bicyclic) bond motifs is 3. The smallest absolute Gasteiger partial charge is 0.456 e. The number of para-hydroxylation sites is 2. The largest absolute Gasteiger partial charge is 0.498 e. The zero-order chi connectivity index (χ0) is 31.5. The molecule has 5 aromatic carbocycles. The second kappa shape index (κ2) is 10.8. The van der Waals surface area contributed by atoms with Crippen LogP contribution in [0.2, 0.25) is 0 Å². The first-order chi connectivity index (χ1) is 22.3. The molecule has 1 aliphatic heterocycles. The number of benzene rings is 5. The van der Waals surface area contributed by atoms with Crippen LogP contribution in [0.1, 0.15) is 27.7 Å². The van der Waals surface area contributed by atoms with E-state index in [4.69, 9.17) is 28.7 Å². The van der Waals surface area contributed by atoms with E-state index in [1.807, 2.05) is 84.9 Å². The molecule has 0 spiro atoms. The second-order valence-electron chi connectivity index (χ2n) is 12.7. The van der Waals surface area contributed by atoms with E-state index in [-0.39, 0.29) is 0 Å². The molecule has 1 saturated heterocycles. The van der Waals surface area contributed by atoms with Crippen LogP contribution in [-0.4, -0.2) is 33.3 Å². The maximum Gasteiger partial charge on any atom is 0.498 e. The summed E-state index contributed by atoms with van der Waals surface area (Å²) in [6.45, 7) is 8.26. The zero-order valence-electron chi connectivity index (χ0n) is 26.2. The molecule has 224 valence electrons. The third-order valence-electron chi connectivity index (χ3n) is 9.19. The molecule has 1 aliphatic rings. The molecular weight excluding hydrogens is 569 g/mol. The van der Waals surface area contributed by atoms with Gasteiger partial charge in [0, 0.05) is 38.5 Å². The van der Waals surface area contributed by atoms with Crippen molar-refractivity contribution in [3.05, 3.63) is 121 Å². The van der Waals surface area contributed by atoms with Crippen LogP contribution in [0.3, 0.4) is 0 Å². The first kappa shape index (κ1) is 28.4. The van der Waals surface area contributed by atoms with Crippen molar-refractivity contribution < 1.29 is 13.7 Å². The maximum atomic E-state index is 6.72. The predicted octanol–water partition coefficient (Wildman–Crippen LogP) is 8.74. The van der Waals surface area contributed by atoms with Gasteiger partial charge in [0.2, 0.25) is 0 Å². The minimum atomic E-state index is -0.525. The topological polar surface area (TPSA) is 70.3 Å². The highest BCUT2D eigenvalue weighted by Gasteiger charge is 2.52. The fourth-order valence-corrected chi connectivity index (χ4v) is 5.99. The summed E-state index contributed by atoms with van der Waals surface area (Å²) in [4.78, 5) is 14.7. The van der Waals surface area contributed by atoms with Gasteiger partial charge in [-0.3, -0.25) is 0 Å². The van der Waals surface area contributed by atoms with Crippen LogP contribution in [0.25, 0.3) is 67.2 Å². The Morgan fingerprint density at radius 2 is 0.957 bits per heavy atom. The number of aromatic nitrogens is 3. The Kier molecular flexibility index (Phi) is 6.64. The van der Waals surface area contributed by atoms with E-state index in [1.165, 1.54) is 0 Å². The molecule has 0 N–H and O–H groups in total. The molecule has 2 aromatic heterocycles. The number of furan rings is 1. The first-order valence-electron chi connectivity index (χ1n) is 15.5. The number of rotatable bonds is 5. The van der Waals surface area contributed by atoms with Crippen molar-refractivity contribution >= 4 is 34.5 Å². The summed E-state index contributed by atoms with van der Waals surface area (Å²) in [7, 11) is -0.525. The molecule has 7 heteroatoms. The summed E-state index contributed by atoms with van der Waals surface area (Å²) < 4.78 is 19.5. The van der Waals surface area contributed by atoms with E-state index in [2.05, 4.69) is 64.1 Å². The van der Waals surface area contributed by atoms with Crippen LogP contribution >= 0.6 is 0 Å². The Bertz CT molecular complexity index is 2160. The van der Waals surface area contributed by atoms with Crippen molar-refractivity contribution in [2.75, 3.05) is 0 Å². The fourth-order valence-electron chi connectivity index (χ4n) is 5.99. The van der Waals surface area contributed by atoms with Gasteiger partial charge in [0.05, 0.1) is 11.2 Å². The minimum Gasteiger partial charge on any atom is -0.456 e. The molecule has 3 heterocycles. The van der Waals surface area contributed by atoms with Crippen molar-refractivity contribution in [2.45, 2.75) is 38.9 Å². The Hall–Kier alpha value is -5.11. The van der Waals surface area contributed by atoms with Crippen molar-refractivity contribution in [3.63, 3.8) is 0 Å². The van der Waals surface area contributed by atoms with Crippen LogP contribution in [-0.2, 0) is 9.31 Å². The van der Waals surface area contributed by atoms with Gasteiger partial charge in [-0.25, -0.2) is 15.0 Å². The van der Waals surface area contributed by atoms with Crippen molar-refractivity contribution in [3.8, 4) is 45.3 Å². The molecule has 0 unspecified atom stereocenters. The Labute approximate surface area is 268 Å². The second-order valence-corrected chi connectivity index (χ2v) is 12.7. The van der Waals surface area contributed by atoms with Gasteiger partial charge in [0.1, 0.15) is 11.2 Å². The summed E-state index contributed by atoms with van der Waals surface area (Å²) in [6, 6.07) is 40.8. The minimum absolute atomic E-state index is 0.451. The number of hydrogen-bond acceptors (Lipinski definition) is 6. The van der Waals surface area contributed by atoms with Crippen LogP contribution in [0.4, 0.5) is 0 Å². The third kappa shape index (κ3) is 4.80. The number of hydrogen-bond donors (Lipinski definition) is 0. The van der Waals surface area contributed by atoms with Crippen molar-refractivity contribution in [1.29, 1.82) is 0 Å². The Morgan fingerprint density at radius 3 is 1.57 bits per heavy atom. The van der Waals surface area contributed by atoms with Gasteiger partial charge in [0.25, 0.3) is 0 Å². The molecule has 0 bridgehead atoms. The van der Waals surface area contributed by atoms with E-state index in [9.17, 15) is 0 Å². The van der Waals surface area contributed by atoms with Gasteiger partial charge in [-0.1, -0.05) is 115 Å². The molecule has 0 aliphatic carbocycles. The van der Waals surface area contributed by atoms with Crippen LogP contribution in [0.5, 0.6) is 0 Å². The maximum absolute atomic E-state index is 6.72. The Morgan fingerprint density at radius 1 is 0.478 bits per heavy atom. The van der Waals surface area contributed by atoms with Gasteiger partial charge in [-0.15, -0.1) is 0 Å². The monoisotopic (exact) mass is 601 g/mol. The number of nitrogens with zero attached hydrogens (tertiary/aromatic N) is 3. The summed E-state index contributed by atoms with van der Waals surface area (Å²) in [5.74, 6) is 1.86. The molecule has 0 amide bonds. The molecule has 46 heavy (non-hydrogen) atoms. The van der Waals surface area contributed by atoms with E-state index in [0.29, 0.717) is 17.5 Å². The molecule has 0 atom stereocenters. The van der Waals surface area contributed by atoms with Crippen LogP contribution < -0.4 is 5.46 Å². The lowest BCUT2D eigenvalue weighted by atomic mass is 9.78. The summed E-state index contributed by atoms with van der Waals surface area (Å²) >= 11 is 0. The fraction of sp³-hybridized carbons (Fsp3) is 0.154. The third-order valence-corrected chi connectivity index (χ3v) is 9.19.